The molecule has 0 aliphatic carbocycles. The summed E-state index contributed by atoms with van der Waals surface area (Å²) in [5.41, 5.74) is 9.99. The van der Waals surface area contributed by atoms with Crippen LogP contribution in [-0.2, 0) is 6.61 Å². The molecule has 21 heavy (non-hydrogen) atoms. The summed E-state index contributed by atoms with van der Waals surface area (Å²) in [6.07, 6.45) is 0. The number of aryl methyl sites for hydroxylation is 1. The maximum atomic E-state index is 11.3. The molecule has 5 heteroatoms. The van der Waals surface area contributed by atoms with Crippen LogP contribution < -0.4 is 5.73 Å². The minimum absolute atomic E-state index is 0.103. The number of aromatic amines is 1. The number of nitrogens with zero attached hydrogens (tertiary/aromatic N) is 1. The van der Waals surface area contributed by atoms with E-state index in [2.05, 4.69) is 9.97 Å². The molecule has 1 amide bonds. The Kier molecular flexibility index (Phi) is 3.19. The van der Waals surface area contributed by atoms with Crippen molar-refractivity contribution in [1.82, 2.24) is 9.97 Å². The lowest BCUT2D eigenvalue weighted by atomic mass is 9.97. The molecular formula is C16H15N3O2. The number of benzene rings is 2. The molecule has 0 unspecified atom stereocenters. The maximum absolute atomic E-state index is 11.3. The molecule has 3 aromatic rings. The van der Waals surface area contributed by atoms with Crippen LogP contribution in [0.2, 0.25) is 0 Å². The van der Waals surface area contributed by atoms with Gasteiger partial charge in [-0.2, -0.15) is 0 Å². The van der Waals surface area contributed by atoms with Crippen molar-refractivity contribution < 1.29 is 9.90 Å². The van der Waals surface area contributed by atoms with Crippen LogP contribution >= 0.6 is 0 Å². The molecule has 0 bridgehead atoms. The third-order valence-corrected chi connectivity index (χ3v) is 3.48. The topological polar surface area (TPSA) is 92.0 Å². The fourth-order valence-electron chi connectivity index (χ4n) is 2.44. The third kappa shape index (κ3) is 2.39. The number of fused-ring (bicyclic) bond motifs is 1. The maximum Gasteiger partial charge on any atom is 0.248 e. The van der Waals surface area contributed by atoms with Crippen molar-refractivity contribution in [2.75, 3.05) is 0 Å². The van der Waals surface area contributed by atoms with Crippen molar-refractivity contribution in [1.29, 1.82) is 0 Å². The van der Waals surface area contributed by atoms with E-state index in [0.29, 0.717) is 5.56 Å². The number of carbonyl (C=O) groups excluding carboxylic acids is 1. The first-order chi connectivity index (χ1) is 10.1. The predicted molar refractivity (Wildman–Crippen MR) is 80.7 cm³/mol. The normalized spacial score (nSPS) is 11.0. The highest BCUT2D eigenvalue weighted by molar-refractivity contribution is 5.95. The average molecular weight is 281 g/mol. The van der Waals surface area contributed by atoms with E-state index in [0.717, 1.165) is 33.5 Å². The molecule has 0 aliphatic rings. The standard InChI is InChI=1S/C16H15N3O2/c1-9-18-14-5-4-10(7-15(14)19-9)13-6-11(16(17)21)2-3-12(13)8-20/h2-7,20H,8H2,1H3,(H2,17,21)(H,18,19). The highest BCUT2D eigenvalue weighted by Crippen LogP contribution is 2.27. The van der Waals surface area contributed by atoms with E-state index < -0.39 is 5.91 Å². The summed E-state index contributed by atoms with van der Waals surface area (Å²) in [6, 6.07) is 10.8. The Balaban J connectivity index is 2.19. The van der Waals surface area contributed by atoms with Crippen LogP contribution in [0.25, 0.3) is 22.2 Å². The number of H-pyrrole nitrogens is 1. The van der Waals surface area contributed by atoms with Gasteiger partial charge in [-0.15, -0.1) is 0 Å². The van der Waals surface area contributed by atoms with Crippen LogP contribution in [0, 0.1) is 6.92 Å². The Morgan fingerprint density at radius 1 is 1.29 bits per heavy atom. The number of carbonyl (C=O) groups is 1. The number of hydrogen-bond donors (Lipinski definition) is 3. The van der Waals surface area contributed by atoms with Crippen LogP contribution in [-0.4, -0.2) is 21.0 Å². The molecule has 2 aromatic carbocycles. The minimum atomic E-state index is -0.487. The number of aromatic nitrogens is 2. The quantitative estimate of drug-likeness (QED) is 0.686. The van der Waals surface area contributed by atoms with Gasteiger partial charge in [-0.05, 0) is 47.9 Å². The summed E-state index contributed by atoms with van der Waals surface area (Å²) in [4.78, 5) is 18.9. The van der Waals surface area contributed by atoms with Crippen LogP contribution in [0.1, 0.15) is 21.7 Å². The largest absolute Gasteiger partial charge is 0.392 e. The lowest BCUT2D eigenvalue weighted by molar-refractivity contribution is 0.1000. The molecular weight excluding hydrogens is 266 g/mol. The van der Waals surface area contributed by atoms with Gasteiger partial charge in [0.25, 0.3) is 0 Å². The third-order valence-electron chi connectivity index (χ3n) is 3.48. The Bertz CT molecular complexity index is 837. The molecule has 5 nitrogen and oxygen atoms in total. The van der Waals surface area contributed by atoms with E-state index in [1.54, 1.807) is 18.2 Å². The number of nitrogens with two attached hydrogens (primary N) is 1. The zero-order valence-corrected chi connectivity index (χ0v) is 11.6. The Morgan fingerprint density at radius 3 is 2.81 bits per heavy atom. The number of amides is 1. The van der Waals surface area contributed by atoms with Crippen molar-refractivity contribution in [3.05, 3.63) is 53.3 Å². The first-order valence-electron chi connectivity index (χ1n) is 6.59. The van der Waals surface area contributed by atoms with Crippen molar-refractivity contribution >= 4 is 16.9 Å². The Morgan fingerprint density at radius 2 is 2.10 bits per heavy atom. The predicted octanol–water partition coefficient (Wildman–Crippen LogP) is 2.13. The van der Waals surface area contributed by atoms with E-state index >= 15 is 0 Å². The molecule has 3 rings (SSSR count). The lowest BCUT2D eigenvalue weighted by Crippen LogP contribution is -2.11. The summed E-state index contributed by atoms with van der Waals surface area (Å²) in [5, 5.41) is 9.49. The van der Waals surface area contributed by atoms with Crippen molar-refractivity contribution in [2.45, 2.75) is 13.5 Å². The number of rotatable bonds is 3. The zero-order chi connectivity index (χ0) is 15.0. The minimum Gasteiger partial charge on any atom is -0.392 e. The first kappa shape index (κ1) is 13.3. The molecule has 0 spiro atoms. The number of nitrogens with one attached hydrogen (secondary N) is 1. The molecule has 106 valence electrons. The smallest absolute Gasteiger partial charge is 0.248 e. The summed E-state index contributed by atoms with van der Waals surface area (Å²) in [6.45, 7) is 1.79. The van der Waals surface area contributed by atoms with Gasteiger partial charge in [-0.3, -0.25) is 4.79 Å². The SMILES string of the molecule is Cc1nc2ccc(-c3cc(C(N)=O)ccc3CO)cc2[nH]1. The van der Waals surface area contributed by atoms with Gasteiger partial charge in [0.1, 0.15) is 5.82 Å². The van der Waals surface area contributed by atoms with Crippen LogP contribution in [0.3, 0.4) is 0 Å². The van der Waals surface area contributed by atoms with E-state index in [9.17, 15) is 9.90 Å². The fourth-order valence-corrected chi connectivity index (χ4v) is 2.44. The summed E-state index contributed by atoms with van der Waals surface area (Å²) >= 11 is 0. The molecule has 0 radical (unpaired) electrons. The molecule has 1 aromatic heterocycles. The van der Waals surface area contributed by atoms with E-state index in [4.69, 9.17) is 5.73 Å². The molecule has 4 N–H and O–H groups in total. The molecule has 0 atom stereocenters. The zero-order valence-electron chi connectivity index (χ0n) is 11.6. The van der Waals surface area contributed by atoms with Crippen LogP contribution in [0.5, 0.6) is 0 Å². The number of hydrogen-bond acceptors (Lipinski definition) is 3. The van der Waals surface area contributed by atoms with E-state index in [1.807, 2.05) is 25.1 Å². The van der Waals surface area contributed by atoms with Crippen molar-refractivity contribution in [2.24, 2.45) is 5.73 Å². The highest BCUT2D eigenvalue weighted by Gasteiger charge is 2.10. The van der Waals surface area contributed by atoms with Gasteiger partial charge in [-0.25, -0.2) is 4.98 Å². The van der Waals surface area contributed by atoms with Gasteiger partial charge in [0.2, 0.25) is 5.91 Å². The van der Waals surface area contributed by atoms with Crippen molar-refractivity contribution in [3.8, 4) is 11.1 Å². The van der Waals surface area contributed by atoms with Crippen LogP contribution in [0.4, 0.5) is 0 Å². The number of aliphatic hydroxyl groups excluding tert-OH is 1. The second-order valence-electron chi connectivity index (χ2n) is 4.95. The average Bonchev–Trinajstić information content (AvgIpc) is 2.85. The summed E-state index contributed by atoms with van der Waals surface area (Å²) < 4.78 is 0. The summed E-state index contributed by atoms with van der Waals surface area (Å²) in [7, 11) is 0. The second kappa shape index (κ2) is 5.03. The van der Waals surface area contributed by atoms with Gasteiger partial charge in [0.15, 0.2) is 0 Å². The highest BCUT2D eigenvalue weighted by atomic mass is 16.3. The van der Waals surface area contributed by atoms with Gasteiger partial charge in [-0.1, -0.05) is 12.1 Å². The van der Waals surface area contributed by atoms with Crippen LogP contribution in [0.15, 0.2) is 36.4 Å². The molecule has 0 aliphatic heterocycles. The summed E-state index contributed by atoms with van der Waals surface area (Å²) in [5.74, 6) is 0.356. The number of imidazole rings is 1. The molecule has 1 heterocycles. The molecule has 0 saturated carbocycles. The van der Waals surface area contributed by atoms with Crippen molar-refractivity contribution in [3.63, 3.8) is 0 Å². The molecule has 0 saturated heterocycles. The van der Waals surface area contributed by atoms with Gasteiger partial charge in [0, 0.05) is 5.56 Å². The Hall–Kier alpha value is -2.66. The van der Waals surface area contributed by atoms with Gasteiger partial charge >= 0.3 is 0 Å². The Labute approximate surface area is 121 Å². The number of primary amides is 1. The monoisotopic (exact) mass is 281 g/mol. The molecule has 0 fully saturated rings. The van der Waals surface area contributed by atoms with Gasteiger partial charge in [0.05, 0.1) is 17.6 Å². The van der Waals surface area contributed by atoms with Gasteiger partial charge < -0.3 is 15.8 Å². The lowest BCUT2D eigenvalue weighted by Gasteiger charge is -2.09. The van der Waals surface area contributed by atoms with E-state index in [-0.39, 0.29) is 6.61 Å². The first-order valence-corrected chi connectivity index (χ1v) is 6.59. The second-order valence-corrected chi connectivity index (χ2v) is 4.95. The number of aliphatic hydroxyl groups is 1. The van der Waals surface area contributed by atoms with E-state index in [1.165, 1.54) is 0 Å². The fraction of sp³-hybridized carbons (Fsp3) is 0.125.